The van der Waals surface area contributed by atoms with E-state index in [2.05, 4.69) is 27.9 Å². The zero-order valence-electron chi connectivity index (χ0n) is 15.9. The molecule has 1 N–H and O–H groups in total. The second-order valence-corrected chi connectivity index (χ2v) is 7.96. The van der Waals surface area contributed by atoms with Gasteiger partial charge in [0.2, 0.25) is 0 Å². The van der Waals surface area contributed by atoms with Gasteiger partial charge >= 0.3 is 0 Å². The number of benzene rings is 1. The molecule has 1 saturated carbocycles. The lowest BCUT2D eigenvalue weighted by Crippen LogP contribution is -2.19. The lowest BCUT2D eigenvalue weighted by molar-refractivity contribution is 0.286. The minimum atomic E-state index is -0.192. The van der Waals surface area contributed by atoms with Crippen molar-refractivity contribution in [3.05, 3.63) is 66.0 Å². The number of rotatable bonds is 3. The summed E-state index contributed by atoms with van der Waals surface area (Å²) in [6.45, 7) is 2.26. The van der Waals surface area contributed by atoms with Crippen molar-refractivity contribution in [3.8, 4) is 0 Å². The molecule has 4 nitrogen and oxygen atoms in total. The van der Waals surface area contributed by atoms with Crippen molar-refractivity contribution in [2.75, 3.05) is 0 Å². The number of aromatic nitrogens is 4. The number of aromatic amines is 1. The number of H-pyrrole nitrogens is 1. The minimum Gasteiger partial charge on any atom is -0.340 e. The Bertz CT molecular complexity index is 1090. The largest absolute Gasteiger partial charge is 0.340 e. The highest BCUT2D eigenvalue weighted by atomic mass is 19.1. The molecule has 4 aromatic rings. The molecule has 0 saturated heterocycles. The summed E-state index contributed by atoms with van der Waals surface area (Å²) in [5, 5.41) is 0.961. The SMILES string of the molecule is C[C@@H](c1nc2ncccc2[nH]1)[C@H]1CC[C@@H](c2ccnc3ccc(F)cc32)CC1. The Morgan fingerprint density at radius 2 is 1.89 bits per heavy atom. The van der Waals surface area contributed by atoms with Crippen LogP contribution < -0.4 is 0 Å². The summed E-state index contributed by atoms with van der Waals surface area (Å²) in [4.78, 5) is 16.9. The third-order valence-electron chi connectivity index (χ3n) is 6.36. The molecule has 5 heteroatoms. The second kappa shape index (κ2) is 6.97. The highest BCUT2D eigenvalue weighted by molar-refractivity contribution is 5.82. The minimum absolute atomic E-state index is 0.192. The van der Waals surface area contributed by atoms with Gasteiger partial charge in [0.1, 0.15) is 11.6 Å². The maximum atomic E-state index is 13.8. The number of hydrogen-bond acceptors (Lipinski definition) is 3. The zero-order valence-corrected chi connectivity index (χ0v) is 15.9. The van der Waals surface area contributed by atoms with Crippen molar-refractivity contribution in [1.29, 1.82) is 0 Å². The van der Waals surface area contributed by atoms with Crippen LogP contribution in [0.4, 0.5) is 4.39 Å². The van der Waals surface area contributed by atoms with Gasteiger partial charge in [0, 0.05) is 23.7 Å². The van der Waals surface area contributed by atoms with Crippen LogP contribution in [0.2, 0.25) is 0 Å². The Kier molecular flexibility index (Phi) is 4.30. The van der Waals surface area contributed by atoms with Crippen molar-refractivity contribution < 1.29 is 4.39 Å². The Labute approximate surface area is 163 Å². The van der Waals surface area contributed by atoms with Crippen molar-refractivity contribution in [2.24, 2.45) is 5.92 Å². The summed E-state index contributed by atoms with van der Waals surface area (Å²) in [5.74, 6) is 2.28. The van der Waals surface area contributed by atoms with Crippen LogP contribution in [0.5, 0.6) is 0 Å². The van der Waals surface area contributed by atoms with Crippen molar-refractivity contribution >= 4 is 22.1 Å². The number of nitrogens with zero attached hydrogens (tertiary/aromatic N) is 3. The summed E-state index contributed by atoms with van der Waals surface area (Å²) in [6.07, 6.45) is 8.16. The molecule has 0 aliphatic heterocycles. The highest BCUT2D eigenvalue weighted by Gasteiger charge is 2.29. The van der Waals surface area contributed by atoms with E-state index in [-0.39, 0.29) is 5.82 Å². The van der Waals surface area contributed by atoms with E-state index in [9.17, 15) is 4.39 Å². The first kappa shape index (κ1) is 17.3. The van der Waals surface area contributed by atoms with E-state index < -0.39 is 0 Å². The molecule has 142 valence electrons. The molecular weight excluding hydrogens is 351 g/mol. The normalized spacial score (nSPS) is 21.2. The molecule has 1 fully saturated rings. The van der Waals surface area contributed by atoms with Crippen molar-refractivity contribution in [1.82, 2.24) is 19.9 Å². The van der Waals surface area contributed by atoms with Gasteiger partial charge in [-0.3, -0.25) is 4.98 Å². The smallest absolute Gasteiger partial charge is 0.177 e. The van der Waals surface area contributed by atoms with Gasteiger partial charge in [0.05, 0.1) is 11.0 Å². The van der Waals surface area contributed by atoms with E-state index in [1.165, 1.54) is 11.6 Å². The van der Waals surface area contributed by atoms with Crippen LogP contribution in [0.25, 0.3) is 22.1 Å². The fraction of sp³-hybridized carbons (Fsp3) is 0.348. The highest BCUT2D eigenvalue weighted by Crippen LogP contribution is 2.42. The van der Waals surface area contributed by atoms with Crippen LogP contribution in [-0.2, 0) is 0 Å². The number of nitrogens with one attached hydrogen (secondary N) is 1. The first-order valence-corrected chi connectivity index (χ1v) is 10.0. The van der Waals surface area contributed by atoms with Gasteiger partial charge in [-0.05, 0) is 79.5 Å². The molecule has 0 spiro atoms. The molecule has 3 aromatic heterocycles. The van der Waals surface area contributed by atoms with Gasteiger partial charge < -0.3 is 4.98 Å². The van der Waals surface area contributed by atoms with Gasteiger partial charge in [0.15, 0.2) is 5.65 Å². The van der Waals surface area contributed by atoms with Crippen molar-refractivity contribution in [2.45, 2.75) is 44.4 Å². The summed E-state index contributed by atoms with van der Waals surface area (Å²) in [6, 6.07) is 10.9. The molecule has 1 aromatic carbocycles. The summed E-state index contributed by atoms with van der Waals surface area (Å²) in [5.41, 5.74) is 3.92. The van der Waals surface area contributed by atoms with E-state index in [4.69, 9.17) is 4.98 Å². The molecule has 0 radical (unpaired) electrons. The Hall–Kier alpha value is -2.82. The zero-order chi connectivity index (χ0) is 19.1. The maximum absolute atomic E-state index is 13.8. The third kappa shape index (κ3) is 3.05. The van der Waals surface area contributed by atoms with Crippen LogP contribution in [-0.4, -0.2) is 19.9 Å². The van der Waals surface area contributed by atoms with Gasteiger partial charge in [-0.2, -0.15) is 0 Å². The number of imidazole rings is 1. The summed E-state index contributed by atoms with van der Waals surface area (Å²) in [7, 11) is 0. The quantitative estimate of drug-likeness (QED) is 0.499. The van der Waals surface area contributed by atoms with Gasteiger partial charge in [-0.25, -0.2) is 14.4 Å². The van der Waals surface area contributed by atoms with E-state index in [1.54, 1.807) is 18.3 Å². The molecule has 0 unspecified atom stereocenters. The predicted molar refractivity (Wildman–Crippen MR) is 109 cm³/mol. The van der Waals surface area contributed by atoms with Gasteiger partial charge in [-0.1, -0.05) is 6.92 Å². The third-order valence-corrected chi connectivity index (χ3v) is 6.36. The topological polar surface area (TPSA) is 54.5 Å². The first-order chi connectivity index (χ1) is 13.7. The second-order valence-electron chi connectivity index (χ2n) is 7.96. The van der Waals surface area contributed by atoms with Crippen LogP contribution in [0.1, 0.15) is 55.8 Å². The molecule has 0 bridgehead atoms. The fourth-order valence-electron chi connectivity index (χ4n) is 4.73. The molecule has 1 aliphatic carbocycles. The van der Waals surface area contributed by atoms with E-state index >= 15 is 0 Å². The number of pyridine rings is 2. The molecule has 1 aliphatic rings. The van der Waals surface area contributed by atoms with E-state index in [0.29, 0.717) is 17.8 Å². The monoisotopic (exact) mass is 374 g/mol. The number of halogens is 1. The molecule has 28 heavy (non-hydrogen) atoms. The van der Waals surface area contributed by atoms with Crippen LogP contribution in [0.15, 0.2) is 48.8 Å². The van der Waals surface area contributed by atoms with Crippen LogP contribution in [0.3, 0.4) is 0 Å². The van der Waals surface area contributed by atoms with E-state index in [1.807, 2.05) is 18.3 Å². The molecule has 3 heterocycles. The lowest BCUT2D eigenvalue weighted by Gasteiger charge is -2.32. The lowest BCUT2D eigenvalue weighted by atomic mass is 9.73. The van der Waals surface area contributed by atoms with Gasteiger partial charge in [-0.15, -0.1) is 0 Å². The predicted octanol–water partition coefficient (Wildman–Crippen LogP) is 5.72. The molecular formula is C23H23FN4. The van der Waals surface area contributed by atoms with E-state index in [0.717, 1.165) is 53.6 Å². The standard InChI is InChI=1S/C23H23FN4/c1-14(22-27-21-3-2-11-26-23(21)28-22)15-4-6-16(7-5-15)18-10-12-25-20-9-8-17(24)13-19(18)20/h2-3,8-16H,4-7H2,1H3,(H,26,27,28)/t14-,15-,16+/m1/s1. The maximum Gasteiger partial charge on any atom is 0.177 e. The van der Waals surface area contributed by atoms with Gasteiger partial charge in [0.25, 0.3) is 0 Å². The number of fused-ring (bicyclic) bond motifs is 2. The summed E-state index contributed by atoms with van der Waals surface area (Å²) < 4.78 is 13.8. The Morgan fingerprint density at radius 1 is 1.04 bits per heavy atom. The molecule has 1 atom stereocenters. The number of hydrogen-bond donors (Lipinski definition) is 1. The van der Waals surface area contributed by atoms with Crippen molar-refractivity contribution in [3.63, 3.8) is 0 Å². The van der Waals surface area contributed by atoms with Crippen LogP contribution in [0, 0.1) is 11.7 Å². The molecule has 5 rings (SSSR count). The summed E-state index contributed by atoms with van der Waals surface area (Å²) >= 11 is 0. The first-order valence-electron chi connectivity index (χ1n) is 10.0. The Balaban J connectivity index is 1.34. The average Bonchev–Trinajstić information content (AvgIpc) is 3.17. The average molecular weight is 374 g/mol. The van der Waals surface area contributed by atoms with Crippen LogP contribution >= 0.6 is 0 Å². The molecule has 0 amide bonds. The Morgan fingerprint density at radius 3 is 2.71 bits per heavy atom. The fourth-order valence-corrected chi connectivity index (χ4v) is 4.73.